The van der Waals surface area contributed by atoms with E-state index in [1.807, 2.05) is 22.9 Å². The Morgan fingerprint density at radius 3 is 3.04 bits per heavy atom. The number of thiophene rings is 1. The van der Waals surface area contributed by atoms with Crippen LogP contribution < -0.4 is 10.1 Å². The first-order chi connectivity index (χ1) is 11.8. The summed E-state index contributed by atoms with van der Waals surface area (Å²) in [6.45, 7) is 2.73. The zero-order chi connectivity index (χ0) is 16.8. The quantitative estimate of drug-likeness (QED) is 0.650. The standard InChI is InChI=1S/C17H17N3O3S/c1-2-3-8-22-14-6-4-5-12(10-14)15(21)18-17-20-19-16(23-17)13-7-9-24-11-13/h4-7,9-11H,2-3,8H2,1H3,(H,18,20,21). The van der Waals surface area contributed by atoms with Crippen molar-refractivity contribution in [2.75, 3.05) is 11.9 Å². The van der Waals surface area contributed by atoms with Crippen LogP contribution in [-0.2, 0) is 0 Å². The lowest BCUT2D eigenvalue weighted by Gasteiger charge is -2.07. The van der Waals surface area contributed by atoms with Crippen LogP contribution >= 0.6 is 11.3 Å². The predicted molar refractivity (Wildman–Crippen MR) is 92.4 cm³/mol. The highest BCUT2D eigenvalue weighted by atomic mass is 32.1. The van der Waals surface area contributed by atoms with Gasteiger partial charge in [0.2, 0.25) is 0 Å². The monoisotopic (exact) mass is 343 g/mol. The normalized spacial score (nSPS) is 10.5. The number of ether oxygens (including phenoxy) is 1. The van der Waals surface area contributed by atoms with Crippen LogP contribution in [0.15, 0.2) is 45.5 Å². The minimum atomic E-state index is -0.323. The van der Waals surface area contributed by atoms with Crippen molar-refractivity contribution in [3.8, 4) is 17.2 Å². The number of anilines is 1. The molecular formula is C17H17N3O3S. The summed E-state index contributed by atoms with van der Waals surface area (Å²) in [6, 6.07) is 8.95. The van der Waals surface area contributed by atoms with Crippen LogP contribution in [0.4, 0.5) is 6.01 Å². The molecule has 0 saturated heterocycles. The lowest BCUT2D eigenvalue weighted by atomic mass is 10.2. The number of amides is 1. The molecule has 6 nitrogen and oxygen atoms in total. The van der Waals surface area contributed by atoms with E-state index in [1.165, 1.54) is 11.3 Å². The number of hydrogen-bond donors (Lipinski definition) is 1. The van der Waals surface area contributed by atoms with Gasteiger partial charge in [-0.05, 0) is 36.1 Å². The van der Waals surface area contributed by atoms with E-state index in [2.05, 4.69) is 22.4 Å². The highest BCUT2D eigenvalue weighted by Gasteiger charge is 2.13. The number of nitrogens with one attached hydrogen (secondary N) is 1. The summed E-state index contributed by atoms with van der Waals surface area (Å²) in [7, 11) is 0. The zero-order valence-corrected chi connectivity index (χ0v) is 14.0. The highest BCUT2D eigenvalue weighted by Crippen LogP contribution is 2.22. The minimum Gasteiger partial charge on any atom is -0.494 e. The molecule has 0 bridgehead atoms. The van der Waals surface area contributed by atoms with Crippen LogP contribution in [0.25, 0.3) is 11.5 Å². The predicted octanol–water partition coefficient (Wildman–Crippen LogP) is 4.23. The SMILES string of the molecule is CCCCOc1cccc(C(=O)Nc2nnc(-c3ccsc3)o2)c1. The lowest BCUT2D eigenvalue weighted by Crippen LogP contribution is -2.12. The molecule has 2 aromatic heterocycles. The third-order valence-corrected chi connectivity index (χ3v) is 3.96. The van der Waals surface area contributed by atoms with Crippen molar-refractivity contribution in [1.82, 2.24) is 10.2 Å². The van der Waals surface area contributed by atoms with E-state index in [9.17, 15) is 4.79 Å². The van der Waals surface area contributed by atoms with Crippen LogP contribution in [0.2, 0.25) is 0 Å². The van der Waals surface area contributed by atoms with E-state index in [1.54, 1.807) is 18.2 Å². The van der Waals surface area contributed by atoms with Crippen LogP contribution in [0, 0.1) is 0 Å². The number of rotatable bonds is 7. The molecule has 1 amide bonds. The number of benzene rings is 1. The first-order valence-electron chi connectivity index (χ1n) is 7.66. The van der Waals surface area contributed by atoms with Gasteiger partial charge in [0.1, 0.15) is 5.75 Å². The fourth-order valence-electron chi connectivity index (χ4n) is 2.01. The zero-order valence-electron chi connectivity index (χ0n) is 13.2. The third kappa shape index (κ3) is 3.99. The van der Waals surface area contributed by atoms with Crippen molar-refractivity contribution in [3.05, 3.63) is 46.7 Å². The largest absolute Gasteiger partial charge is 0.494 e. The molecule has 0 aliphatic rings. The van der Waals surface area contributed by atoms with Crippen LogP contribution in [0.1, 0.15) is 30.1 Å². The molecule has 0 radical (unpaired) electrons. The first-order valence-corrected chi connectivity index (χ1v) is 8.61. The maximum absolute atomic E-state index is 12.3. The average Bonchev–Trinajstić information content (AvgIpc) is 3.26. The van der Waals surface area contributed by atoms with Gasteiger partial charge in [0.05, 0.1) is 6.61 Å². The summed E-state index contributed by atoms with van der Waals surface area (Å²) in [5, 5.41) is 14.2. The molecule has 2 heterocycles. The molecule has 0 aliphatic carbocycles. The summed E-state index contributed by atoms with van der Waals surface area (Å²) in [5.74, 6) is 0.722. The second kappa shape index (κ2) is 7.74. The summed E-state index contributed by atoms with van der Waals surface area (Å²) in [4.78, 5) is 12.3. The van der Waals surface area contributed by atoms with E-state index in [4.69, 9.17) is 9.15 Å². The summed E-state index contributed by atoms with van der Waals surface area (Å²) >= 11 is 1.54. The Bertz CT molecular complexity index is 799. The van der Waals surface area contributed by atoms with Gasteiger partial charge in [-0.15, -0.1) is 5.10 Å². The fraction of sp³-hybridized carbons (Fsp3) is 0.235. The summed E-state index contributed by atoms with van der Waals surface area (Å²) in [5.41, 5.74) is 1.30. The molecule has 0 spiro atoms. The Labute approximate surface area is 143 Å². The first kappa shape index (κ1) is 16.2. The Hall–Kier alpha value is -2.67. The van der Waals surface area contributed by atoms with Gasteiger partial charge in [0.15, 0.2) is 0 Å². The van der Waals surface area contributed by atoms with E-state index in [-0.39, 0.29) is 11.9 Å². The third-order valence-electron chi connectivity index (χ3n) is 3.28. The van der Waals surface area contributed by atoms with E-state index >= 15 is 0 Å². The number of carbonyl (C=O) groups is 1. The molecule has 0 unspecified atom stereocenters. The molecule has 3 aromatic rings. The molecule has 0 fully saturated rings. The van der Waals surface area contributed by atoms with Gasteiger partial charge in [-0.25, -0.2) is 0 Å². The van der Waals surface area contributed by atoms with Crippen molar-refractivity contribution >= 4 is 23.3 Å². The molecule has 1 N–H and O–H groups in total. The molecule has 7 heteroatoms. The Balaban J connectivity index is 1.65. The van der Waals surface area contributed by atoms with Crippen molar-refractivity contribution in [2.24, 2.45) is 0 Å². The maximum atomic E-state index is 12.3. The topological polar surface area (TPSA) is 77.2 Å². The van der Waals surface area contributed by atoms with Gasteiger partial charge in [-0.1, -0.05) is 24.5 Å². The number of hydrogen-bond acceptors (Lipinski definition) is 6. The van der Waals surface area contributed by atoms with Crippen molar-refractivity contribution < 1.29 is 13.9 Å². The van der Waals surface area contributed by atoms with E-state index in [0.29, 0.717) is 23.8 Å². The Morgan fingerprint density at radius 2 is 2.25 bits per heavy atom. The van der Waals surface area contributed by atoms with Crippen molar-refractivity contribution in [2.45, 2.75) is 19.8 Å². The molecule has 0 atom stereocenters. The highest BCUT2D eigenvalue weighted by molar-refractivity contribution is 7.08. The molecular weight excluding hydrogens is 326 g/mol. The van der Waals surface area contributed by atoms with Gasteiger partial charge >= 0.3 is 6.01 Å². The second-order valence-corrected chi connectivity index (χ2v) is 5.89. The second-order valence-electron chi connectivity index (χ2n) is 5.11. The van der Waals surface area contributed by atoms with Crippen LogP contribution in [0.5, 0.6) is 5.75 Å². The molecule has 3 rings (SSSR count). The fourth-order valence-corrected chi connectivity index (χ4v) is 2.64. The molecule has 1 aromatic carbocycles. The Kier molecular flexibility index (Phi) is 5.22. The van der Waals surface area contributed by atoms with Gasteiger partial charge < -0.3 is 9.15 Å². The molecule has 0 saturated carbocycles. The molecule has 0 aliphatic heterocycles. The lowest BCUT2D eigenvalue weighted by molar-refractivity contribution is 0.102. The molecule has 24 heavy (non-hydrogen) atoms. The van der Waals surface area contributed by atoms with Crippen molar-refractivity contribution in [1.29, 1.82) is 0 Å². The van der Waals surface area contributed by atoms with E-state index in [0.717, 1.165) is 18.4 Å². The minimum absolute atomic E-state index is 0.0681. The van der Waals surface area contributed by atoms with Gasteiger partial charge in [-0.3, -0.25) is 10.1 Å². The van der Waals surface area contributed by atoms with Crippen LogP contribution in [-0.4, -0.2) is 22.7 Å². The summed E-state index contributed by atoms with van der Waals surface area (Å²) in [6.07, 6.45) is 2.04. The maximum Gasteiger partial charge on any atom is 0.322 e. The number of unbranched alkanes of at least 4 members (excludes halogenated alkanes) is 1. The van der Waals surface area contributed by atoms with Crippen LogP contribution in [0.3, 0.4) is 0 Å². The number of aromatic nitrogens is 2. The van der Waals surface area contributed by atoms with Gasteiger partial charge in [0.25, 0.3) is 11.8 Å². The van der Waals surface area contributed by atoms with E-state index < -0.39 is 0 Å². The van der Waals surface area contributed by atoms with Crippen molar-refractivity contribution in [3.63, 3.8) is 0 Å². The number of carbonyl (C=O) groups excluding carboxylic acids is 1. The van der Waals surface area contributed by atoms with Gasteiger partial charge in [0, 0.05) is 16.5 Å². The molecule has 124 valence electrons. The summed E-state index contributed by atoms with van der Waals surface area (Å²) < 4.78 is 11.1. The Morgan fingerprint density at radius 1 is 1.33 bits per heavy atom. The number of nitrogens with zero attached hydrogens (tertiary/aromatic N) is 2. The smallest absolute Gasteiger partial charge is 0.322 e. The average molecular weight is 343 g/mol. The van der Waals surface area contributed by atoms with Gasteiger partial charge in [-0.2, -0.15) is 11.3 Å².